The summed E-state index contributed by atoms with van der Waals surface area (Å²) in [4.78, 5) is 0. The van der Waals surface area contributed by atoms with Crippen LogP contribution in [-0.2, 0) is 9.47 Å². The molecular weight excluding hydrogens is 226 g/mol. The van der Waals surface area contributed by atoms with Gasteiger partial charge < -0.3 is 9.47 Å². The summed E-state index contributed by atoms with van der Waals surface area (Å²) in [7, 11) is 0. The maximum absolute atomic E-state index is 13.3. The van der Waals surface area contributed by atoms with Crippen molar-refractivity contribution < 1.29 is 18.3 Å². The van der Waals surface area contributed by atoms with Gasteiger partial charge in [-0.25, -0.2) is 8.78 Å². The summed E-state index contributed by atoms with van der Waals surface area (Å²) < 4.78 is 37.6. The van der Waals surface area contributed by atoms with E-state index in [1.165, 1.54) is 0 Å². The summed E-state index contributed by atoms with van der Waals surface area (Å²) in [6.07, 6.45) is 2.66. The molecule has 1 fully saturated rings. The summed E-state index contributed by atoms with van der Waals surface area (Å²) in [6.45, 7) is 6.17. The number of ether oxygens (including phenoxy) is 2. The number of halogens is 2. The molecule has 1 aliphatic carbocycles. The second-order valence-electron chi connectivity index (χ2n) is 5.00. The van der Waals surface area contributed by atoms with E-state index in [1.807, 2.05) is 6.92 Å². The zero-order valence-electron chi connectivity index (χ0n) is 11.0. The topological polar surface area (TPSA) is 18.5 Å². The van der Waals surface area contributed by atoms with E-state index < -0.39 is 11.8 Å². The van der Waals surface area contributed by atoms with E-state index in [-0.39, 0.29) is 18.6 Å². The highest BCUT2D eigenvalue weighted by atomic mass is 19.3. The molecule has 0 bridgehead atoms. The maximum Gasteiger partial charge on any atom is 0.250 e. The van der Waals surface area contributed by atoms with E-state index >= 15 is 0 Å². The van der Waals surface area contributed by atoms with Crippen LogP contribution in [0.3, 0.4) is 0 Å². The first-order valence-electron chi connectivity index (χ1n) is 6.58. The molecule has 0 aromatic heterocycles. The third-order valence-electron chi connectivity index (χ3n) is 3.36. The van der Waals surface area contributed by atoms with Crippen molar-refractivity contribution in [3.05, 3.63) is 0 Å². The predicted octanol–water partition coefficient (Wildman–Crippen LogP) is 3.64. The molecular formula is C13H24F2O2. The van der Waals surface area contributed by atoms with Crippen LogP contribution in [0.25, 0.3) is 0 Å². The first-order valence-corrected chi connectivity index (χ1v) is 6.58. The van der Waals surface area contributed by atoms with Crippen LogP contribution in [0, 0.1) is 5.92 Å². The van der Waals surface area contributed by atoms with Gasteiger partial charge in [0.25, 0.3) is 5.92 Å². The van der Waals surface area contributed by atoms with Crippen LogP contribution >= 0.6 is 0 Å². The molecule has 0 heterocycles. The van der Waals surface area contributed by atoms with E-state index in [0.29, 0.717) is 19.6 Å². The van der Waals surface area contributed by atoms with Crippen LogP contribution in [0.2, 0.25) is 0 Å². The summed E-state index contributed by atoms with van der Waals surface area (Å²) >= 11 is 0. The lowest BCUT2D eigenvalue weighted by atomic mass is 9.91. The van der Waals surface area contributed by atoms with Crippen LogP contribution in [-0.4, -0.2) is 31.3 Å². The van der Waals surface area contributed by atoms with Gasteiger partial charge >= 0.3 is 0 Å². The Morgan fingerprint density at radius 1 is 1.18 bits per heavy atom. The van der Waals surface area contributed by atoms with Crippen LogP contribution < -0.4 is 0 Å². The lowest BCUT2D eigenvalue weighted by Crippen LogP contribution is -2.41. The van der Waals surface area contributed by atoms with Crippen molar-refractivity contribution >= 4 is 0 Å². The number of hydrogen-bond acceptors (Lipinski definition) is 2. The fraction of sp³-hybridized carbons (Fsp3) is 1.00. The Morgan fingerprint density at radius 3 is 2.24 bits per heavy atom. The van der Waals surface area contributed by atoms with E-state index in [0.717, 1.165) is 12.8 Å². The van der Waals surface area contributed by atoms with Crippen molar-refractivity contribution in [3.8, 4) is 0 Å². The SMILES string of the molecule is CCOC1CCC1OCCCC(F)(F)C(C)C. The normalized spacial score (nSPS) is 25.1. The van der Waals surface area contributed by atoms with E-state index in [1.54, 1.807) is 13.8 Å². The van der Waals surface area contributed by atoms with Crippen LogP contribution in [0.1, 0.15) is 46.5 Å². The standard InChI is InChI=1S/C13H24F2O2/c1-4-16-11-6-7-12(11)17-9-5-8-13(14,15)10(2)3/h10-12H,4-9H2,1-3H3. The fourth-order valence-electron chi connectivity index (χ4n) is 1.87. The first-order chi connectivity index (χ1) is 7.97. The monoisotopic (exact) mass is 250 g/mol. The molecule has 0 amide bonds. The van der Waals surface area contributed by atoms with Crippen molar-refractivity contribution in [1.82, 2.24) is 0 Å². The molecule has 0 radical (unpaired) electrons. The van der Waals surface area contributed by atoms with Gasteiger partial charge in [-0.2, -0.15) is 0 Å². The highest BCUT2D eigenvalue weighted by Gasteiger charge is 2.34. The molecule has 0 N–H and O–H groups in total. The Hall–Kier alpha value is -0.220. The van der Waals surface area contributed by atoms with Gasteiger partial charge in [0.2, 0.25) is 0 Å². The summed E-state index contributed by atoms with van der Waals surface area (Å²) in [5.74, 6) is -3.16. The van der Waals surface area contributed by atoms with E-state index in [9.17, 15) is 8.78 Å². The lowest BCUT2D eigenvalue weighted by Gasteiger charge is -2.36. The highest BCUT2D eigenvalue weighted by molar-refractivity contribution is 4.82. The second kappa shape index (κ2) is 6.64. The Balaban J connectivity index is 2.08. The van der Waals surface area contributed by atoms with Crippen LogP contribution in [0.4, 0.5) is 8.78 Å². The van der Waals surface area contributed by atoms with Gasteiger partial charge in [0, 0.05) is 25.6 Å². The molecule has 0 saturated heterocycles. The van der Waals surface area contributed by atoms with E-state index in [2.05, 4.69) is 0 Å². The van der Waals surface area contributed by atoms with Gasteiger partial charge in [0.05, 0.1) is 12.2 Å². The highest BCUT2D eigenvalue weighted by Crippen LogP contribution is 2.30. The third-order valence-corrected chi connectivity index (χ3v) is 3.36. The fourth-order valence-corrected chi connectivity index (χ4v) is 1.87. The minimum Gasteiger partial charge on any atom is -0.376 e. The Labute approximate surface area is 103 Å². The van der Waals surface area contributed by atoms with Gasteiger partial charge in [0.1, 0.15) is 0 Å². The molecule has 0 aromatic carbocycles. The molecule has 4 heteroatoms. The lowest BCUT2D eigenvalue weighted by molar-refractivity contribution is -0.129. The van der Waals surface area contributed by atoms with Gasteiger partial charge in [-0.15, -0.1) is 0 Å². The molecule has 1 rings (SSSR count). The third kappa shape index (κ3) is 4.51. The molecule has 0 spiro atoms. The zero-order valence-corrected chi connectivity index (χ0v) is 11.0. The smallest absolute Gasteiger partial charge is 0.250 e. The molecule has 0 aromatic rings. The molecule has 0 aliphatic heterocycles. The largest absolute Gasteiger partial charge is 0.376 e. The van der Waals surface area contributed by atoms with Gasteiger partial charge in [0.15, 0.2) is 0 Å². The summed E-state index contributed by atoms with van der Waals surface area (Å²) in [6, 6.07) is 0. The Kier molecular flexibility index (Phi) is 5.80. The van der Waals surface area contributed by atoms with E-state index in [4.69, 9.17) is 9.47 Å². The number of rotatable bonds is 8. The quantitative estimate of drug-likeness (QED) is 0.612. The van der Waals surface area contributed by atoms with Crippen molar-refractivity contribution in [3.63, 3.8) is 0 Å². The molecule has 2 unspecified atom stereocenters. The van der Waals surface area contributed by atoms with Crippen molar-refractivity contribution in [1.29, 1.82) is 0 Å². The number of hydrogen-bond donors (Lipinski definition) is 0. The van der Waals surface area contributed by atoms with Gasteiger partial charge in [-0.05, 0) is 26.2 Å². The van der Waals surface area contributed by atoms with Gasteiger partial charge in [-0.3, -0.25) is 0 Å². The zero-order chi connectivity index (χ0) is 12.9. The molecule has 17 heavy (non-hydrogen) atoms. The second-order valence-corrected chi connectivity index (χ2v) is 5.00. The number of alkyl halides is 2. The Bertz CT molecular complexity index is 219. The average Bonchev–Trinajstić information content (AvgIpc) is 2.23. The molecule has 2 atom stereocenters. The predicted molar refractivity (Wildman–Crippen MR) is 63.4 cm³/mol. The first kappa shape index (κ1) is 14.8. The minimum absolute atomic E-state index is 0.0866. The Morgan fingerprint density at radius 2 is 1.76 bits per heavy atom. The van der Waals surface area contributed by atoms with Crippen LogP contribution in [0.15, 0.2) is 0 Å². The molecule has 102 valence electrons. The summed E-state index contributed by atoms with van der Waals surface area (Å²) in [5, 5.41) is 0. The van der Waals surface area contributed by atoms with Gasteiger partial charge in [-0.1, -0.05) is 13.8 Å². The maximum atomic E-state index is 13.3. The summed E-state index contributed by atoms with van der Waals surface area (Å²) in [5.41, 5.74) is 0. The van der Waals surface area contributed by atoms with Crippen molar-refractivity contribution in [2.45, 2.75) is 64.6 Å². The molecule has 1 aliphatic rings. The molecule has 2 nitrogen and oxygen atoms in total. The molecule has 1 saturated carbocycles. The minimum atomic E-state index is -2.57. The van der Waals surface area contributed by atoms with Crippen LogP contribution in [0.5, 0.6) is 0 Å². The average molecular weight is 250 g/mol. The van der Waals surface area contributed by atoms with Crippen molar-refractivity contribution in [2.75, 3.05) is 13.2 Å². The van der Waals surface area contributed by atoms with Crippen molar-refractivity contribution in [2.24, 2.45) is 5.92 Å².